The molecule has 1 aromatic carbocycles. The first-order chi connectivity index (χ1) is 14.2. The topological polar surface area (TPSA) is 128 Å². The molecule has 1 aliphatic carbocycles. The van der Waals surface area contributed by atoms with Crippen molar-refractivity contribution in [3.05, 3.63) is 39.9 Å². The van der Waals surface area contributed by atoms with Gasteiger partial charge in [-0.1, -0.05) is 26.7 Å². The fraction of sp³-hybridized carbons (Fsp3) is 0.571. The summed E-state index contributed by atoms with van der Waals surface area (Å²) in [6.45, 7) is 5.86. The second-order valence-corrected chi connectivity index (χ2v) is 7.82. The number of hydrogen-bond acceptors (Lipinski definition) is 6. The number of nitro benzene ring substituents is 1. The summed E-state index contributed by atoms with van der Waals surface area (Å²) in [6.07, 6.45) is 2.15. The summed E-state index contributed by atoms with van der Waals surface area (Å²) in [7, 11) is 0. The molecule has 9 nitrogen and oxygen atoms in total. The molecular weight excluding hydrogens is 390 g/mol. The zero-order valence-corrected chi connectivity index (χ0v) is 17.6. The normalized spacial score (nSPS) is 21.9. The fourth-order valence-electron chi connectivity index (χ4n) is 3.51. The van der Waals surface area contributed by atoms with Crippen LogP contribution in [0.3, 0.4) is 0 Å². The summed E-state index contributed by atoms with van der Waals surface area (Å²) >= 11 is 0. The van der Waals surface area contributed by atoms with Crippen molar-refractivity contribution < 1.29 is 24.0 Å². The molecule has 0 aliphatic heterocycles. The van der Waals surface area contributed by atoms with E-state index in [2.05, 4.69) is 24.5 Å². The van der Waals surface area contributed by atoms with Gasteiger partial charge in [0, 0.05) is 30.3 Å². The van der Waals surface area contributed by atoms with Crippen LogP contribution < -0.4 is 10.6 Å². The van der Waals surface area contributed by atoms with Crippen LogP contribution in [-0.2, 0) is 14.3 Å². The predicted octanol–water partition coefficient (Wildman–Crippen LogP) is 2.59. The molecule has 0 saturated heterocycles. The maximum Gasteiger partial charge on any atom is 0.308 e. The summed E-state index contributed by atoms with van der Waals surface area (Å²) in [6, 6.07) is 5.23. The average Bonchev–Trinajstić information content (AvgIpc) is 2.71. The lowest BCUT2D eigenvalue weighted by Crippen LogP contribution is -2.47. The number of esters is 1. The van der Waals surface area contributed by atoms with Gasteiger partial charge in [-0.25, -0.2) is 0 Å². The molecule has 2 amide bonds. The van der Waals surface area contributed by atoms with Crippen LogP contribution in [0.1, 0.15) is 56.8 Å². The van der Waals surface area contributed by atoms with Crippen LogP contribution in [0.4, 0.5) is 5.69 Å². The highest BCUT2D eigenvalue weighted by atomic mass is 16.6. The first-order valence-electron chi connectivity index (χ1n) is 10.2. The van der Waals surface area contributed by atoms with Crippen molar-refractivity contribution in [3.63, 3.8) is 0 Å². The molecule has 0 aromatic heterocycles. The van der Waals surface area contributed by atoms with E-state index in [1.54, 1.807) is 0 Å². The minimum Gasteiger partial charge on any atom is -0.452 e. The van der Waals surface area contributed by atoms with Gasteiger partial charge in [0.25, 0.3) is 17.5 Å². The Morgan fingerprint density at radius 1 is 1.20 bits per heavy atom. The molecule has 1 aliphatic rings. The Labute approximate surface area is 175 Å². The van der Waals surface area contributed by atoms with Crippen molar-refractivity contribution in [2.24, 2.45) is 11.8 Å². The molecule has 1 saturated carbocycles. The van der Waals surface area contributed by atoms with Gasteiger partial charge in [-0.05, 0) is 37.3 Å². The van der Waals surface area contributed by atoms with Gasteiger partial charge in [-0.3, -0.25) is 24.5 Å². The third-order valence-corrected chi connectivity index (χ3v) is 5.67. The van der Waals surface area contributed by atoms with E-state index in [4.69, 9.17) is 4.74 Å². The molecule has 1 aromatic rings. The van der Waals surface area contributed by atoms with Gasteiger partial charge in [0.2, 0.25) is 0 Å². The number of ether oxygens (including phenoxy) is 1. The minimum absolute atomic E-state index is 0.0279. The summed E-state index contributed by atoms with van der Waals surface area (Å²) < 4.78 is 5.17. The molecule has 0 unspecified atom stereocenters. The number of carbonyl (C=O) groups excluding carboxylic acids is 3. The lowest BCUT2D eigenvalue weighted by molar-refractivity contribution is -0.384. The molecule has 0 radical (unpaired) electrons. The molecule has 30 heavy (non-hydrogen) atoms. The van der Waals surface area contributed by atoms with Crippen molar-refractivity contribution in [2.45, 2.75) is 58.6 Å². The number of non-ortho nitro benzene ring substituents is 1. The van der Waals surface area contributed by atoms with Gasteiger partial charge >= 0.3 is 5.97 Å². The van der Waals surface area contributed by atoms with E-state index in [-0.39, 0.29) is 36.2 Å². The van der Waals surface area contributed by atoms with E-state index in [1.165, 1.54) is 31.2 Å². The maximum absolute atomic E-state index is 12.3. The highest BCUT2D eigenvalue weighted by Crippen LogP contribution is 2.29. The number of hydrogen-bond donors (Lipinski definition) is 2. The first-order valence-corrected chi connectivity index (χ1v) is 10.2. The number of nitrogens with one attached hydrogen (secondary N) is 2. The molecule has 2 rings (SSSR count). The second-order valence-electron chi connectivity index (χ2n) is 7.82. The van der Waals surface area contributed by atoms with Crippen LogP contribution in [0.15, 0.2) is 24.3 Å². The standard InChI is InChI=1S/C21H29N3O6/c1-13-5-4-6-18(14(13)2)23-20(26)15(3)30-19(25)11-12-22-21(27)16-7-9-17(10-8-16)24(28)29/h7-10,13-15,18H,4-6,11-12H2,1-3H3,(H,22,27)(H,23,26)/t13-,14+,15+,18-/m0/s1. The van der Waals surface area contributed by atoms with Gasteiger partial charge in [0.1, 0.15) is 0 Å². The van der Waals surface area contributed by atoms with E-state index in [1.807, 2.05) is 0 Å². The Kier molecular flexibility index (Phi) is 8.32. The number of nitro groups is 1. The summed E-state index contributed by atoms with van der Waals surface area (Å²) in [5.41, 5.74) is 0.136. The van der Waals surface area contributed by atoms with Crippen molar-refractivity contribution in [3.8, 4) is 0 Å². The number of nitrogens with zero attached hydrogens (tertiary/aromatic N) is 1. The summed E-state index contributed by atoms with van der Waals surface area (Å²) in [5.74, 6) is -0.443. The number of carbonyl (C=O) groups is 3. The average molecular weight is 419 g/mol. The first kappa shape index (κ1) is 23.3. The van der Waals surface area contributed by atoms with Gasteiger partial charge < -0.3 is 15.4 Å². The SMILES string of the molecule is C[C@H]1[C@@H](NC(=O)[C@@H](C)OC(=O)CCNC(=O)c2ccc([N+](=O)[O-])cc2)CCC[C@@H]1C. The van der Waals surface area contributed by atoms with Crippen LogP contribution in [0.5, 0.6) is 0 Å². The maximum atomic E-state index is 12.3. The largest absolute Gasteiger partial charge is 0.452 e. The van der Waals surface area contributed by atoms with E-state index < -0.39 is 22.9 Å². The van der Waals surface area contributed by atoms with Crippen molar-refractivity contribution in [1.82, 2.24) is 10.6 Å². The highest BCUT2D eigenvalue weighted by molar-refractivity contribution is 5.94. The van der Waals surface area contributed by atoms with Crippen molar-refractivity contribution in [1.29, 1.82) is 0 Å². The minimum atomic E-state index is -0.910. The van der Waals surface area contributed by atoms with E-state index in [9.17, 15) is 24.5 Å². The molecule has 0 spiro atoms. The van der Waals surface area contributed by atoms with Gasteiger partial charge in [-0.2, -0.15) is 0 Å². The van der Waals surface area contributed by atoms with Crippen LogP contribution in [0.25, 0.3) is 0 Å². The lowest BCUT2D eigenvalue weighted by Gasteiger charge is -2.35. The quantitative estimate of drug-likeness (QED) is 0.379. The Hall–Kier alpha value is -2.97. The summed E-state index contributed by atoms with van der Waals surface area (Å²) in [4.78, 5) is 46.4. The molecule has 4 atom stereocenters. The molecule has 0 bridgehead atoms. The number of amides is 2. The van der Waals surface area contributed by atoms with E-state index in [0.29, 0.717) is 11.8 Å². The Morgan fingerprint density at radius 3 is 2.50 bits per heavy atom. The van der Waals surface area contributed by atoms with Crippen molar-refractivity contribution >= 4 is 23.5 Å². The second kappa shape index (κ2) is 10.7. The summed E-state index contributed by atoms with van der Waals surface area (Å²) in [5, 5.41) is 16.2. The molecule has 2 N–H and O–H groups in total. The Morgan fingerprint density at radius 2 is 1.87 bits per heavy atom. The monoisotopic (exact) mass is 419 g/mol. The Bertz CT molecular complexity index is 779. The Balaban J connectivity index is 1.72. The zero-order chi connectivity index (χ0) is 22.3. The molecule has 0 heterocycles. The smallest absolute Gasteiger partial charge is 0.308 e. The molecule has 164 valence electrons. The van der Waals surface area contributed by atoms with E-state index >= 15 is 0 Å². The zero-order valence-electron chi connectivity index (χ0n) is 17.6. The number of benzene rings is 1. The van der Waals surface area contributed by atoms with Crippen LogP contribution >= 0.6 is 0 Å². The predicted molar refractivity (Wildman–Crippen MR) is 110 cm³/mol. The van der Waals surface area contributed by atoms with Gasteiger partial charge in [0.15, 0.2) is 6.10 Å². The van der Waals surface area contributed by atoms with Gasteiger partial charge in [-0.15, -0.1) is 0 Å². The molecule has 1 fully saturated rings. The van der Waals surface area contributed by atoms with Crippen LogP contribution in [0.2, 0.25) is 0 Å². The van der Waals surface area contributed by atoms with Gasteiger partial charge in [0.05, 0.1) is 11.3 Å². The molecule has 9 heteroatoms. The van der Waals surface area contributed by atoms with Crippen LogP contribution in [-0.4, -0.2) is 41.4 Å². The highest BCUT2D eigenvalue weighted by Gasteiger charge is 2.30. The fourth-order valence-corrected chi connectivity index (χ4v) is 3.51. The third kappa shape index (κ3) is 6.53. The van der Waals surface area contributed by atoms with Crippen molar-refractivity contribution in [2.75, 3.05) is 6.54 Å². The molecular formula is C21H29N3O6. The third-order valence-electron chi connectivity index (χ3n) is 5.67. The number of rotatable bonds is 8. The van der Waals surface area contributed by atoms with E-state index in [0.717, 1.165) is 19.3 Å². The van der Waals surface area contributed by atoms with Crippen LogP contribution in [0, 0.1) is 22.0 Å². The lowest BCUT2D eigenvalue weighted by atomic mass is 9.78.